The topological polar surface area (TPSA) is 15.3 Å². The minimum absolute atomic E-state index is 0.715. The van der Waals surface area contributed by atoms with Gasteiger partial charge < -0.3 is 10.2 Å². The van der Waals surface area contributed by atoms with Gasteiger partial charge in [0.2, 0.25) is 0 Å². The van der Waals surface area contributed by atoms with E-state index in [1.165, 1.54) is 36.9 Å². The second-order valence-corrected chi connectivity index (χ2v) is 5.46. The van der Waals surface area contributed by atoms with Gasteiger partial charge in [-0.1, -0.05) is 37.1 Å². The third-order valence-electron chi connectivity index (χ3n) is 3.47. The lowest BCUT2D eigenvalue weighted by Crippen LogP contribution is -2.28. The molecule has 0 atom stereocenters. The fourth-order valence-electron chi connectivity index (χ4n) is 2.41. The van der Waals surface area contributed by atoms with Gasteiger partial charge in [-0.15, -0.1) is 0 Å². The smallest absolute Gasteiger partial charge is 0.0643 e. The van der Waals surface area contributed by atoms with Crippen LogP contribution in [-0.4, -0.2) is 19.6 Å². The van der Waals surface area contributed by atoms with Crippen LogP contribution in [0, 0.1) is 0 Å². The van der Waals surface area contributed by atoms with Crippen LogP contribution < -0.4 is 10.2 Å². The van der Waals surface area contributed by atoms with E-state index in [1.54, 1.807) is 0 Å². The minimum Gasteiger partial charge on any atom is -0.367 e. The minimum atomic E-state index is 0.715. The molecule has 1 fully saturated rings. The third kappa shape index (κ3) is 3.18. The Morgan fingerprint density at radius 1 is 1.39 bits per heavy atom. The number of hydrogen-bond acceptors (Lipinski definition) is 2. The number of anilines is 1. The van der Waals surface area contributed by atoms with E-state index in [9.17, 15) is 0 Å². The summed E-state index contributed by atoms with van der Waals surface area (Å²) in [5, 5.41) is 4.13. The summed E-state index contributed by atoms with van der Waals surface area (Å²) in [6.07, 6.45) is 5.09. The average Bonchev–Trinajstić information content (AvgIpc) is 3.17. The molecule has 1 N–H and O–H groups in total. The molecule has 0 heterocycles. The van der Waals surface area contributed by atoms with Gasteiger partial charge in [0.05, 0.1) is 10.7 Å². The number of unbranched alkanes of at least 4 members (excludes halogenated alkanes) is 1. The quantitative estimate of drug-likeness (QED) is 0.807. The van der Waals surface area contributed by atoms with Crippen molar-refractivity contribution < 1.29 is 0 Å². The summed E-state index contributed by atoms with van der Waals surface area (Å²) in [5.41, 5.74) is 2.57. The lowest BCUT2D eigenvalue weighted by molar-refractivity contribution is 0.705. The molecular weight excluding hydrogens is 244 g/mol. The highest BCUT2D eigenvalue weighted by Gasteiger charge is 2.30. The Bertz CT molecular complexity index is 388. The Labute approximate surface area is 115 Å². The molecule has 2 rings (SSSR count). The molecule has 3 heteroatoms. The summed E-state index contributed by atoms with van der Waals surface area (Å²) in [6, 6.07) is 6.95. The summed E-state index contributed by atoms with van der Waals surface area (Å²) in [6.45, 7) is 4.25. The summed E-state index contributed by atoms with van der Waals surface area (Å²) in [4.78, 5) is 2.53. The van der Waals surface area contributed by atoms with Crippen molar-refractivity contribution in [3.05, 3.63) is 28.8 Å². The van der Waals surface area contributed by atoms with Crippen LogP contribution in [0.25, 0.3) is 0 Å². The van der Waals surface area contributed by atoms with Crippen molar-refractivity contribution >= 4 is 17.3 Å². The van der Waals surface area contributed by atoms with Crippen LogP contribution in [0.1, 0.15) is 38.2 Å². The van der Waals surface area contributed by atoms with Crippen molar-refractivity contribution in [1.29, 1.82) is 0 Å². The molecule has 18 heavy (non-hydrogen) atoms. The van der Waals surface area contributed by atoms with Crippen LogP contribution in [0.4, 0.5) is 5.69 Å². The highest BCUT2D eigenvalue weighted by molar-refractivity contribution is 6.33. The second-order valence-electron chi connectivity index (χ2n) is 5.06. The molecular formula is C15H23ClN2. The van der Waals surface area contributed by atoms with Crippen LogP contribution in [0.5, 0.6) is 0 Å². The predicted molar refractivity (Wildman–Crippen MR) is 79.5 cm³/mol. The summed E-state index contributed by atoms with van der Waals surface area (Å²) in [7, 11) is 1.98. The van der Waals surface area contributed by atoms with Gasteiger partial charge in [-0.05, 0) is 37.9 Å². The first-order valence-electron chi connectivity index (χ1n) is 6.96. The van der Waals surface area contributed by atoms with Gasteiger partial charge in [0.15, 0.2) is 0 Å². The Kier molecular flexibility index (Phi) is 4.90. The van der Waals surface area contributed by atoms with Crippen molar-refractivity contribution in [2.45, 2.75) is 45.2 Å². The highest BCUT2D eigenvalue weighted by Crippen LogP contribution is 2.38. The molecule has 1 aromatic carbocycles. The molecule has 0 saturated heterocycles. The normalized spacial score (nSPS) is 14.8. The molecule has 0 amide bonds. The molecule has 1 aliphatic rings. The SMILES string of the molecule is CCCCN(c1c(Cl)cccc1CNC)C1CC1. The first-order chi connectivity index (χ1) is 8.77. The van der Waals surface area contributed by atoms with Crippen LogP contribution in [0.2, 0.25) is 5.02 Å². The predicted octanol–water partition coefficient (Wildman–Crippen LogP) is 3.83. The lowest BCUT2D eigenvalue weighted by atomic mass is 10.1. The van der Waals surface area contributed by atoms with Gasteiger partial charge in [-0.3, -0.25) is 0 Å². The largest absolute Gasteiger partial charge is 0.367 e. The first kappa shape index (κ1) is 13.7. The first-order valence-corrected chi connectivity index (χ1v) is 7.34. The zero-order valence-electron chi connectivity index (χ0n) is 11.4. The fraction of sp³-hybridized carbons (Fsp3) is 0.600. The van der Waals surface area contributed by atoms with Gasteiger partial charge in [0, 0.05) is 19.1 Å². The summed E-state index contributed by atoms with van der Waals surface area (Å²) in [5.74, 6) is 0. The molecule has 0 aliphatic heterocycles. The van der Waals surface area contributed by atoms with Gasteiger partial charge in [0.1, 0.15) is 0 Å². The maximum absolute atomic E-state index is 6.44. The summed E-state index contributed by atoms with van der Waals surface area (Å²) < 4.78 is 0. The fourth-order valence-corrected chi connectivity index (χ4v) is 2.71. The van der Waals surface area contributed by atoms with E-state index in [0.29, 0.717) is 6.04 Å². The zero-order valence-corrected chi connectivity index (χ0v) is 12.1. The Hall–Kier alpha value is -0.730. The highest BCUT2D eigenvalue weighted by atomic mass is 35.5. The van der Waals surface area contributed by atoms with E-state index >= 15 is 0 Å². The average molecular weight is 267 g/mol. The van der Waals surface area contributed by atoms with Crippen LogP contribution in [-0.2, 0) is 6.54 Å². The summed E-state index contributed by atoms with van der Waals surface area (Å²) >= 11 is 6.44. The molecule has 1 saturated carbocycles. The second kappa shape index (κ2) is 6.44. The number of rotatable bonds is 7. The standard InChI is InChI=1S/C15H23ClN2/c1-3-4-10-18(13-8-9-13)15-12(11-17-2)6-5-7-14(15)16/h5-7,13,17H,3-4,8-11H2,1-2H3. The van der Waals surface area contributed by atoms with Crippen molar-refractivity contribution in [1.82, 2.24) is 5.32 Å². The van der Waals surface area contributed by atoms with E-state index < -0.39 is 0 Å². The van der Waals surface area contributed by atoms with Crippen LogP contribution in [0.3, 0.4) is 0 Å². The van der Waals surface area contributed by atoms with E-state index in [1.807, 2.05) is 19.2 Å². The Morgan fingerprint density at radius 3 is 2.78 bits per heavy atom. The Morgan fingerprint density at radius 2 is 2.17 bits per heavy atom. The molecule has 0 radical (unpaired) electrons. The number of benzene rings is 1. The molecule has 1 aliphatic carbocycles. The molecule has 0 spiro atoms. The number of hydrogen-bond donors (Lipinski definition) is 1. The molecule has 100 valence electrons. The number of nitrogens with zero attached hydrogens (tertiary/aromatic N) is 1. The van der Waals surface area contributed by atoms with Gasteiger partial charge in [-0.2, -0.15) is 0 Å². The Balaban J connectivity index is 2.26. The van der Waals surface area contributed by atoms with Crippen molar-refractivity contribution in [3.63, 3.8) is 0 Å². The number of para-hydroxylation sites is 1. The van der Waals surface area contributed by atoms with Gasteiger partial charge >= 0.3 is 0 Å². The maximum Gasteiger partial charge on any atom is 0.0643 e. The van der Waals surface area contributed by atoms with Gasteiger partial charge in [0.25, 0.3) is 0 Å². The molecule has 0 unspecified atom stereocenters. The van der Waals surface area contributed by atoms with Crippen LogP contribution in [0.15, 0.2) is 18.2 Å². The van der Waals surface area contributed by atoms with Crippen molar-refractivity contribution in [3.8, 4) is 0 Å². The number of halogens is 1. The molecule has 2 nitrogen and oxygen atoms in total. The van der Waals surface area contributed by atoms with Crippen molar-refractivity contribution in [2.24, 2.45) is 0 Å². The molecule has 0 aromatic heterocycles. The van der Waals surface area contributed by atoms with E-state index in [-0.39, 0.29) is 0 Å². The zero-order chi connectivity index (χ0) is 13.0. The molecule has 0 bridgehead atoms. The third-order valence-corrected chi connectivity index (χ3v) is 3.77. The maximum atomic E-state index is 6.44. The van der Waals surface area contributed by atoms with E-state index in [2.05, 4.69) is 23.2 Å². The lowest BCUT2D eigenvalue weighted by Gasteiger charge is -2.28. The van der Waals surface area contributed by atoms with Gasteiger partial charge in [-0.25, -0.2) is 0 Å². The van der Waals surface area contributed by atoms with E-state index in [4.69, 9.17) is 11.6 Å². The number of nitrogens with one attached hydrogen (secondary N) is 1. The van der Waals surface area contributed by atoms with E-state index in [0.717, 1.165) is 18.1 Å². The van der Waals surface area contributed by atoms with Crippen LogP contribution >= 0.6 is 11.6 Å². The molecule has 1 aromatic rings. The monoisotopic (exact) mass is 266 g/mol. The van der Waals surface area contributed by atoms with Crippen molar-refractivity contribution in [2.75, 3.05) is 18.5 Å².